The van der Waals surface area contributed by atoms with Crippen molar-refractivity contribution in [2.24, 2.45) is 0 Å². The van der Waals surface area contributed by atoms with Gasteiger partial charge in [-0.25, -0.2) is 9.97 Å². The van der Waals surface area contributed by atoms with Crippen molar-refractivity contribution in [3.63, 3.8) is 0 Å². The molecule has 1 amide bonds. The standard InChI is InChI=1S/C23H18N4O2S3/c28-20(26-22-24-18-9-3-4-10-19(18)32-22)14-31-23-25-17-8-2-1-7-16(17)21(29)27(23)12-11-15-6-5-13-30-15/h1-10,13H,11-12,14H2,(H,24,26,28). The van der Waals surface area contributed by atoms with E-state index in [2.05, 4.69) is 21.4 Å². The number of fused-ring (bicyclic) bond motifs is 2. The summed E-state index contributed by atoms with van der Waals surface area (Å²) in [5.74, 6) is -0.0408. The number of aromatic nitrogens is 3. The van der Waals surface area contributed by atoms with Crippen molar-refractivity contribution in [1.29, 1.82) is 0 Å². The minimum atomic E-state index is -0.179. The molecule has 1 N–H and O–H groups in total. The van der Waals surface area contributed by atoms with Crippen molar-refractivity contribution in [3.8, 4) is 0 Å². The molecule has 0 bridgehead atoms. The Labute approximate surface area is 196 Å². The third-order valence-corrected chi connectivity index (χ3v) is 7.73. The van der Waals surface area contributed by atoms with Crippen LogP contribution in [0.2, 0.25) is 0 Å². The summed E-state index contributed by atoms with van der Waals surface area (Å²) in [4.78, 5) is 36.1. The molecule has 0 unspecified atom stereocenters. The van der Waals surface area contributed by atoms with Crippen molar-refractivity contribution in [2.45, 2.75) is 18.1 Å². The Morgan fingerprint density at radius 3 is 2.62 bits per heavy atom. The first-order chi connectivity index (χ1) is 15.7. The Morgan fingerprint density at radius 2 is 1.81 bits per heavy atom. The van der Waals surface area contributed by atoms with E-state index < -0.39 is 0 Å². The van der Waals surface area contributed by atoms with E-state index in [1.165, 1.54) is 28.0 Å². The molecule has 5 aromatic rings. The molecule has 0 saturated carbocycles. The number of para-hydroxylation sites is 2. The number of hydrogen-bond donors (Lipinski definition) is 1. The van der Waals surface area contributed by atoms with Gasteiger partial charge in [-0.3, -0.25) is 14.2 Å². The average Bonchev–Trinajstić information content (AvgIpc) is 3.46. The Balaban J connectivity index is 1.36. The van der Waals surface area contributed by atoms with Crippen LogP contribution >= 0.6 is 34.4 Å². The number of carbonyl (C=O) groups is 1. The fourth-order valence-electron chi connectivity index (χ4n) is 3.34. The molecule has 0 spiro atoms. The van der Waals surface area contributed by atoms with Crippen molar-refractivity contribution in [3.05, 3.63) is 81.3 Å². The summed E-state index contributed by atoms with van der Waals surface area (Å²) in [6, 6.07) is 19.1. The lowest BCUT2D eigenvalue weighted by molar-refractivity contribution is -0.113. The van der Waals surface area contributed by atoms with Gasteiger partial charge >= 0.3 is 0 Å². The fraction of sp³-hybridized carbons (Fsp3) is 0.130. The monoisotopic (exact) mass is 478 g/mol. The lowest BCUT2D eigenvalue weighted by atomic mass is 10.2. The van der Waals surface area contributed by atoms with Gasteiger partial charge in [0.25, 0.3) is 5.56 Å². The van der Waals surface area contributed by atoms with Crippen LogP contribution in [0.4, 0.5) is 5.13 Å². The molecule has 5 rings (SSSR count). The summed E-state index contributed by atoms with van der Waals surface area (Å²) >= 11 is 4.37. The van der Waals surface area contributed by atoms with E-state index in [4.69, 9.17) is 0 Å². The van der Waals surface area contributed by atoms with E-state index in [-0.39, 0.29) is 17.2 Å². The minimum absolute atomic E-state index is 0.0822. The van der Waals surface area contributed by atoms with Crippen LogP contribution in [0.1, 0.15) is 4.88 Å². The number of hydrogen-bond acceptors (Lipinski definition) is 7. The molecule has 0 atom stereocenters. The number of thiophene rings is 1. The van der Waals surface area contributed by atoms with Crippen LogP contribution in [0, 0.1) is 0 Å². The maximum absolute atomic E-state index is 13.1. The molecule has 2 aromatic carbocycles. The van der Waals surface area contributed by atoms with Gasteiger partial charge < -0.3 is 5.32 Å². The summed E-state index contributed by atoms with van der Waals surface area (Å²) < 4.78 is 2.70. The number of amides is 1. The third-order valence-electron chi connectivity index (χ3n) is 4.86. The molecule has 3 aromatic heterocycles. The molecular formula is C23H18N4O2S3. The smallest absolute Gasteiger partial charge is 0.262 e. The topological polar surface area (TPSA) is 76.9 Å². The van der Waals surface area contributed by atoms with Crippen LogP contribution in [0.3, 0.4) is 0 Å². The van der Waals surface area contributed by atoms with Gasteiger partial charge in [0.1, 0.15) is 0 Å². The molecule has 32 heavy (non-hydrogen) atoms. The Bertz CT molecular complexity index is 1420. The number of thiazole rings is 1. The highest BCUT2D eigenvalue weighted by atomic mass is 32.2. The first-order valence-electron chi connectivity index (χ1n) is 9.97. The van der Waals surface area contributed by atoms with Crippen molar-refractivity contribution in [2.75, 3.05) is 11.1 Å². The zero-order chi connectivity index (χ0) is 21.9. The second kappa shape index (κ2) is 9.23. The van der Waals surface area contributed by atoms with Crippen molar-refractivity contribution in [1.82, 2.24) is 14.5 Å². The number of carbonyl (C=O) groups excluding carboxylic acids is 1. The Kier molecular flexibility index (Phi) is 6.02. The number of benzene rings is 2. The summed E-state index contributed by atoms with van der Waals surface area (Å²) in [7, 11) is 0. The quantitative estimate of drug-likeness (QED) is 0.262. The van der Waals surface area contributed by atoms with Crippen molar-refractivity contribution >= 4 is 66.6 Å². The molecule has 0 radical (unpaired) electrons. The molecule has 160 valence electrons. The number of anilines is 1. The van der Waals surface area contributed by atoms with Crippen LogP contribution < -0.4 is 10.9 Å². The van der Waals surface area contributed by atoms with Gasteiger partial charge in [-0.05, 0) is 42.1 Å². The number of thioether (sulfide) groups is 1. The van der Waals surface area contributed by atoms with Crippen LogP contribution in [-0.2, 0) is 17.8 Å². The van der Waals surface area contributed by atoms with Gasteiger partial charge in [-0.2, -0.15) is 0 Å². The number of nitrogens with one attached hydrogen (secondary N) is 1. The second-order valence-corrected chi connectivity index (χ2v) is 10.0. The zero-order valence-electron chi connectivity index (χ0n) is 16.9. The van der Waals surface area contributed by atoms with E-state index in [1.54, 1.807) is 22.0 Å². The SMILES string of the molecule is O=C(CSc1nc2ccccc2c(=O)n1CCc1cccs1)Nc1nc2ccccc2s1. The fourth-order valence-corrected chi connectivity index (χ4v) is 5.75. The number of rotatable bonds is 7. The predicted molar refractivity (Wildman–Crippen MR) is 133 cm³/mol. The molecule has 0 aliphatic rings. The number of nitrogens with zero attached hydrogens (tertiary/aromatic N) is 3. The molecule has 0 aliphatic heterocycles. The Morgan fingerprint density at radius 1 is 1.00 bits per heavy atom. The average molecular weight is 479 g/mol. The van der Waals surface area contributed by atoms with Crippen LogP contribution in [0.5, 0.6) is 0 Å². The first kappa shape index (κ1) is 20.9. The first-order valence-corrected chi connectivity index (χ1v) is 12.7. The molecule has 9 heteroatoms. The highest BCUT2D eigenvalue weighted by molar-refractivity contribution is 7.99. The Hall–Kier alpha value is -3.01. The van der Waals surface area contributed by atoms with Gasteiger partial charge in [-0.15, -0.1) is 11.3 Å². The molecular weight excluding hydrogens is 460 g/mol. The van der Waals surface area contributed by atoms with Crippen LogP contribution in [-0.4, -0.2) is 26.2 Å². The summed E-state index contributed by atoms with van der Waals surface area (Å²) in [6.07, 6.45) is 0.739. The van der Waals surface area contributed by atoms with Crippen molar-refractivity contribution < 1.29 is 4.79 Å². The highest BCUT2D eigenvalue weighted by Gasteiger charge is 2.14. The molecule has 0 saturated heterocycles. The van der Waals surface area contributed by atoms with E-state index in [9.17, 15) is 9.59 Å². The second-order valence-electron chi connectivity index (χ2n) is 7.02. The molecule has 3 heterocycles. The largest absolute Gasteiger partial charge is 0.301 e. The summed E-state index contributed by atoms with van der Waals surface area (Å²) in [5, 5.41) is 6.59. The molecule has 0 fully saturated rings. The minimum Gasteiger partial charge on any atom is -0.301 e. The van der Waals surface area contributed by atoms with E-state index in [1.807, 2.05) is 53.9 Å². The van der Waals surface area contributed by atoms with Gasteiger partial charge in [0.05, 0.1) is 26.9 Å². The summed E-state index contributed by atoms with van der Waals surface area (Å²) in [5.41, 5.74) is 1.42. The van der Waals surface area contributed by atoms with Gasteiger partial charge in [-0.1, -0.05) is 53.4 Å². The van der Waals surface area contributed by atoms with E-state index in [0.717, 1.165) is 16.6 Å². The third kappa shape index (κ3) is 4.45. The van der Waals surface area contributed by atoms with E-state index in [0.29, 0.717) is 27.7 Å². The maximum atomic E-state index is 13.1. The van der Waals surface area contributed by atoms with Crippen LogP contribution in [0.15, 0.2) is 76.0 Å². The lowest BCUT2D eigenvalue weighted by Gasteiger charge is -2.12. The van der Waals surface area contributed by atoms with E-state index >= 15 is 0 Å². The lowest BCUT2D eigenvalue weighted by Crippen LogP contribution is -2.25. The normalized spacial score (nSPS) is 11.2. The molecule has 6 nitrogen and oxygen atoms in total. The highest BCUT2D eigenvalue weighted by Crippen LogP contribution is 2.26. The van der Waals surface area contributed by atoms with Gasteiger partial charge in [0.2, 0.25) is 5.91 Å². The summed E-state index contributed by atoms with van der Waals surface area (Å²) in [6.45, 7) is 0.513. The predicted octanol–water partition coefficient (Wildman–Crippen LogP) is 5.04. The van der Waals surface area contributed by atoms with Gasteiger partial charge in [0.15, 0.2) is 10.3 Å². The number of aryl methyl sites for hydroxylation is 1. The maximum Gasteiger partial charge on any atom is 0.262 e. The van der Waals surface area contributed by atoms with Gasteiger partial charge in [0, 0.05) is 11.4 Å². The molecule has 0 aliphatic carbocycles. The van der Waals surface area contributed by atoms with Crippen LogP contribution in [0.25, 0.3) is 21.1 Å². The zero-order valence-corrected chi connectivity index (χ0v) is 19.3.